The quantitative estimate of drug-likeness (QED) is 0.709. The van der Waals surface area contributed by atoms with Crippen molar-refractivity contribution in [1.29, 1.82) is 5.26 Å². The van der Waals surface area contributed by atoms with E-state index in [-0.39, 0.29) is 11.5 Å². The number of ether oxygens (including phenoxy) is 1. The molecule has 0 amide bonds. The van der Waals surface area contributed by atoms with E-state index in [0.29, 0.717) is 10.0 Å². The lowest BCUT2D eigenvalue weighted by molar-refractivity contribution is -0.137. The van der Waals surface area contributed by atoms with Crippen molar-refractivity contribution >= 4 is 23.2 Å². The third-order valence-corrected chi connectivity index (χ3v) is 2.93. The highest BCUT2D eigenvalue weighted by Gasteiger charge is 2.33. The predicted octanol–water partition coefficient (Wildman–Crippen LogP) is 5.68. The second-order valence-electron chi connectivity index (χ2n) is 4.02. The zero-order valence-electron chi connectivity index (χ0n) is 10.2. The molecule has 0 fully saturated rings. The molecule has 0 radical (unpaired) electrons. The molecule has 2 rings (SSSR count). The van der Waals surface area contributed by atoms with Crippen molar-refractivity contribution in [3.8, 4) is 17.6 Å². The van der Waals surface area contributed by atoms with Crippen molar-refractivity contribution in [2.24, 2.45) is 0 Å². The first kappa shape index (κ1) is 15.5. The molecular formula is C14H6Cl2F3NO. The Morgan fingerprint density at radius 1 is 0.952 bits per heavy atom. The zero-order chi connectivity index (χ0) is 15.6. The van der Waals surface area contributed by atoms with Crippen LogP contribution >= 0.6 is 23.2 Å². The Morgan fingerprint density at radius 2 is 1.57 bits per heavy atom. The third kappa shape index (κ3) is 3.81. The van der Waals surface area contributed by atoms with Gasteiger partial charge in [0.2, 0.25) is 0 Å². The minimum Gasteiger partial charge on any atom is -0.457 e. The molecule has 0 spiro atoms. The predicted molar refractivity (Wildman–Crippen MR) is 72.7 cm³/mol. The van der Waals surface area contributed by atoms with Gasteiger partial charge in [-0.3, -0.25) is 0 Å². The molecule has 0 atom stereocenters. The van der Waals surface area contributed by atoms with Crippen LogP contribution in [0.1, 0.15) is 11.1 Å². The van der Waals surface area contributed by atoms with Gasteiger partial charge in [0.05, 0.1) is 17.2 Å². The lowest BCUT2D eigenvalue weighted by Gasteiger charge is -2.11. The molecule has 2 aromatic rings. The summed E-state index contributed by atoms with van der Waals surface area (Å²) < 4.78 is 43.4. The molecule has 0 bridgehead atoms. The number of nitriles is 1. The summed E-state index contributed by atoms with van der Waals surface area (Å²) in [6, 6.07) is 8.83. The topological polar surface area (TPSA) is 33.0 Å². The number of hydrogen-bond acceptors (Lipinski definition) is 2. The van der Waals surface area contributed by atoms with E-state index in [4.69, 9.17) is 33.2 Å². The summed E-state index contributed by atoms with van der Waals surface area (Å²) in [5.41, 5.74) is -1.53. The van der Waals surface area contributed by atoms with Crippen molar-refractivity contribution in [2.45, 2.75) is 6.18 Å². The molecule has 0 aliphatic carbocycles. The third-order valence-electron chi connectivity index (χ3n) is 2.49. The number of alkyl halides is 3. The summed E-state index contributed by atoms with van der Waals surface area (Å²) >= 11 is 11.6. The van der Waals surface area contributed by atoms with E-state index in [1.165, 1.54) is 24.3 Å². The SMILES string of the molecule is N#Cc1cc(Oc2cc(Cl)cc(Cl)c2)ccc1C(F)(F)F. The Morgan fingerprint density at radius 3 is 2.10 bits per heavy atom. The second kappa shape index (κ2) is 5.84. The smallest absolute Gasteiger partial charge is 0.417 e. The number of halogens is 5. The molecule has 108 valence electrons. The van der Waals surface area contributed by atoms with Crippen LogP contribution in [0.2, 0.25) is 10.0 Å². The summed E-state index contributed by atoms with van der Waals surface area (Å²) in [5.74, 6) is 0.342. The fourth-order valence-corrected chi connectivity index (χ4v) is 2.16. The van der Waals surface area contributed by atoms with E-state index >= 15 is 0 Å². The van der Waals surface area contributed by atoms with Crippen LogP contribution in [-0.2, 0) is 6.18 Å². The van der Waals surface area contributed by atoms with Crippen molar-refractivity contribution in [1.82, 2.24) is 0 Å². The Kier molecular flexibility index (Phi) is 4.31. The maximum atomic E-state index is 12.7. The van der Waals surface area contributed by atoms with Gasteiger partial charge in [-0.1, -0.05) is 23.2 Å². The number of benzene rings is 2. The molecule has 0 N–H and O–H groups in total. The first-order chi connectivity index (χ1) is 9.79. The first-order valence-corrected chi connectivity index (χ1v) is 6.30. The van der Waals surface area contributed by atoms with Gasteiger partial charge in [-0.05, 0) is 36.4 Å². The largest absolute Gasteiger partial charge is 0.457 e. The van der Waals surface area contributed by atoms with Crippen molar-refractivity contribution in [3.05, 3.63) is 57.6 Å². The molecule has 2 aromatic carbocycles. The molecule has 2 nitrogen and oxygen atoms in total. The standard InChI is InChI=1S/C14H6Cl2F3NO/c15-9-4-10(16)6-12(5-9)21-11-1-2-13(14(17,18)19)8(3-11)7-20/h1-6H. The molecular weight excluding hydrogens is 326 g/mol. The number of hydrogen-bond donors (Lipinski definition) is 0. The molecule has 0 aliphatic rings. The highest BCUT2D eigenvalue weighted by Crippen LogP contribution is 2.35. The van der Waals surface area contributed by atoms with Crippen LogP contribution in [0.25, 0.3) is 0 Å². The van der Waals surface area contributed by atoms with Crippen molar-refractivity contribution in [3.63, 3.8) is 0 Å². The van der Waals surface area contributed by atoms with Gasteiger partial charge >= 0.3 is 6.18 Å². The van der Waals surface area contributed by atoms with Crippen LogP contribution in [0.3, 0.4) is 0 Å². The van der Waals surface area contributed by atoms with Crippen LogP contribution in [0.5, 0.6) is 11.5 Å². The summed E-state index contributed by atoms with van der Waals surface area (Å²) in [6.45, 7) is 0. The zero-order valence-corrected chi connectivity index (χ0v) is 11.7. The van der Waals surface area contributed by atoms with Gasteiger partial charge in [0.15, 0.2) is 0 Å². The van der Waals surface area contributed by atoms with E-state index < -0.39 is 17.3 Å². The highest BCUT2D eigenvalue weighted by atomic mass is 35.5. The monoisotopic (exact) mass is 331 g/mol. The lowest BCUT2D eigenvalue weighted by atomic mass is 10.1. The minimum absolute atomic E-state index is 0.0814. The van der Waals surface area contributed by atoms with Crippen LogP contribution in [0, 0.1) is 11.3 Å². The average Bonchev–Trinajstić information content (AvgIpc) is 2.36. The van der Waals surface area contributed by atoms with Gasteiger partial charge in [-0.15, -0.1) is 0 Å². The molecule has 0 heterocycles. The summed E-state index contributed by atoms with van der Waals surface area (Å²) in [7, 11) is 0. The molecule has 0 saturated heterocycles. The Balaban J connectivity index is 2.36. The van der Waals surface area contributed by atoms with Crippen LogP contribution in [0.4, 0.5) is 13.2 Å². The van der Waals surface area contributed by atoms with E-state index in [0.717, 1.165) is 18.2 Å². The van der Waals surface area contributed by atoms with Gasteiger partial charge < -0.3 is 4.74 Å². The summed E-state index contributed by atoms with van der Waals surface area (Å²) in [5, 5.41) is 9.46. The number of nitrogens with zero attached hydrogens (tertiary/aromatic N) is 1. The molecule has 7 heteroatoms. The van der Waals surface area contributed by atoms with Crippen LogP contribution in [0.15, 0.2) is 36.4 Å². The number of rotatable bonds is 2. The lowest BCUT2D eigenvalue weighted by Crippen LogP contribution is -2.07. The molecule has 0 saturated carbocycles. The van der Waals surface area contributed by atoms with Crippen molar-refractivity contribution < 1.29 is 17.9 Å². The second-order valence-corrected chi connectivity index (χ2v) is 4.90. The first-order valence-electron chi connectivity index (χ1n) is 5.55. The maximum Gasteiger partial charge on any atom is 0.417 e. The summed E-state index contributed by atoms with van der Waals surface area (Å²) in [6.07, 6.45) is -4.59. The van der Waals surface area contributed by atoms with Gasteiger partial charge in [-0.25, -0.2) is 0 Å². The van der Waals surface area contributed by atoms with Crippen molar-refractivity contribution in [2.75, 3.05) is 0 Å². The van der Waals surface area contributed by atoms with Gasteiger partial charge in [0.1, 0.15) is 11.5 Å². The van der Waals surface area contributed by atoms with Gasteiger partial charge in [0.25, 0.3) is 0 Å². The fourth-order valence-electron chi connectivity index (χ4n) is 1.65. The van der Waals surface area contributed by atoms with E-state index in [1.807, 2.05) is 0 Å². The maximum absolute atomic E-state index is 12.7. The summed E-state index contributed by atoms with van der Waals surface area (Å²) in [4.78, 5) is 0. The van der Waals surface area contributed by atoms with E-state index in [9.17, 15) is 13.2 Å². The van der Waals surface area contributed by atoms with E-state index in [1.54, 1.807) is 0 Å². The Bertz CT molecular complexity index is 703. The Hall–Kier alpha value is -1.90. The minimum atomic E-state index is -4.59. The van der Waals surface area contributed by atoms with Crippen LogP contribution in [-0.4, -0.2) is 0 Å². The Labute approximate surface area is 128 Å². The molecule has 0 unspecified atom stereocenters. The molecule has 21 heavy (non-hydrogen) atoms. The molecule has 0 aliphatic heterocycles. The van der Waals surface area contributed by atoms with Crippen LogP contribution < -0.4 is 4.74 Å². The molecule has 0 aromatic heterocycles. The normalized spacial score (nSPS) is 11.0. The van der Waals surface area contributed by atoms with Gasteiger partial charge in [-0.2, -0.15) is 18.4 Å². The average molecular weight is 332 g/mol. The van der Waals surface area contributed by atoms with E-state index in [2.05, 4.69) is 0 Å². The van der Waals surface area contributed by atoms with Gasteiger partial charge in [0, 0.05) is 10.0 Å². The fraction of sp³-hybridized carbons (Fsp3) is 0.0714. The highest BCUT2D eigenvalue weighted by molar-refractivity contribution is 6.34.